The Morgan fingerprint density at radius 3 is 1.80 bits per heavy atom. The molecular formula is C10H8Br2O3. The molecule has 1 aliphatic heterocycles. The summed E-state index contributed by atoms with van der Waals surface area (Å²) in [6.07, 6.45) is 5.87. The van der Waals surface area contributed by atoms with Crippen molar-refractivity contribution in [3.8, 4) is 0 Å². The molecule has 2 bridgehead atoms. The zero-order chi connectivity index (χ0) is 10.8. The average Bonchev–Trinajstić information content (AvgIpc) is 2.42. The van der Waals surface area contributed by atoms with Crippen LogP contribution < -0.4 is 0 Å². The van der Waals surface area contributed by atoms with Gasteiger partial charge in [-0.1, -0.05) is 44.0 Å². The quantitative estimate of drug-likeness (QED) is 0.294. The number of alkyl halides is 2. The van der Waals surface area contributed by atoms with E-state index in [4.69, 9.17) is 4.74 Å². The van der Waals surface area contributed by atoms with Crippen molar-refractivity contribution in [2.24, 2.45) is 11.8 Å². The van der Waals surface area contributed by atoms with Crippen LogP contribution in [-0.2, 0) is 14.3 Å². The van der Waals surface area contributed by atoms with E-state index in [9.17, 15) is 9.59 Å². The summed E-state index contributed by atoms with van der Waals surface area (Å²) in [6, 6.07) is 0. The summed E-state index contributed by atoms with van der Waals surface area (Å²) < 4.78 is 3.00. The minimum Gasteiger partial charge on any atom is -0.391 e. The lowest BCUT2D eigenvalue weighted by atomic mass is 9.63. The first-order valence-electron chi connectivity index (χ1n) is 4.84. The topological polar surface area (TPSA) is 43.4 Å². The Morgan fingerprint density at radius 2 is 1.47 bits per heavy atom. The van der Waals surface area contributed by atoms with Gasteiger partial charge in [0.1, 0.15) is 0 Å². The van der Waals surface area contributed by atoms with Gasteiger partial charge >= 0.3 is 11.9 Å². The summed E-state index contributed by atoms with van der Waals surface area (Å²) in [5.74, 6) is -0.825. The molecule has 0 unspecified atom stereocenters. The fraction of sp³-hybridized carbons (Fsp3) is 0.600. The Kier molecular flexibility index (Phi) is 1.83. The van der Waals surface area contributed by atoms with Gasteiger partial charge in [-0.3, -0.25) is 0 Å². The lowest BCUT2D eigenvalue weighted by Crippen LogP contribution is -2.61. The number of rotatable bonds is 0. The maximum atomic E-state index is 11.8. The van der Waals surface area contributed by atoms with E-state index in [1.165, 1.54) is 0 Å². The molecule has 0 N–H and O–H groups in total. The van der Waals surface area contributed by atoms with Gasteiger partial charge in [-0.15, -0.1) is 0 Å². The van der Waals surface area contributed by atoms with Crippen LogP contribution in [0.4, 0.5) is 0 Å². The fourth-order valence-corrected chi connectivity index (χ4v) is 4.69. The standard InChI is InChI=1S/C10H8Br2O3/c11-9-5-1-2-6(4-3-5)10(9,12)8(14)15-7(9)13/h1-2,5-6H,3-4H2/t5-,6+,9-,10-/m1/s1. The van der Waals surface area contributed by atoms with Gasteiger partial charge in [-0.2, -0.15) is 0 Å². The fourth-order valence-electron chi connectivity index (χ4n) is 2.85. The number of hydrogen-bond donors (Lipinski definition) is 0. The molecule has 3 nitrogen and oxygen atoms in total. The Hall–Kier alpha value is -0.160. The van der Waals surface area contributed by atoms with Crippen molar-refractivity contribution in [2.75, 3.05) is 0 Å². The molecule has 1 saturated carbocycles. The summed E-state index contributed by atoms with van der Waals surface area (Å²) in [4.78, 5) is 23.6. The number of ether oxygens (including phenoxy) is 1. The molecular weight excluding hydrogens is 328 g/mol. The number of halogens is 2. The van der Waals surface area contributed by atoms with E-state index >= 15 is 0 Å². The van der Waals surface area contributed by atoms with Crippen molar-refractivity contribution >= 4 is 43.8 Å². The van der Waals surface area contributed by atoms with E-state index < -0.39 is 20.6 Å². The molecule has 4 rings (SSSR count). The molecule has 2 fully saturated rings. The van der Waals surface area contributed by atoms with Crippen LogP contribution in [-0.4, -0.2) is 20.6 Å². The van der Waals surface area contributed by atoms with E-state index in [0.29, 0.717) is 0 Å². The molecule has 1 saturated heterocycles. The number of hydrogen-bond acceptors (Lipinski definition) is 3. The van der Waals surface area contributed by atoms with Crippen LogP contribution in [0.2, 0.25) is 0 Å². The molecule has 15 heavy (non-hydrogen) atoms. The normalized spacial score (nSPS) is 51.9. The Balaban J connectivity index is 2.25. The first-order chi connectivity index (χ1) is 7.01. The molecule has 1 heterocycles. The first kappa shape index (κ1) is 10.0. The minimum absolute atomic E-state index is 0.0424. The monoisotopic (exact) mass is 334 g/mol. The van der Waals surface area contributed by atoms with Crippen molar-refractivity contribution < 1.29 is 14.3 Å². The van der Waals surface area contributed by atoms with E-state index in [1.54, 1.807) is 0 Å². The van der Waals surface area contributed by atoms with Crippen molar-refractivity contribution in [1.29, 1.82) is 0 Å². The second kappa shape index (κ2) is 2.74. The van der Waals surface area contributed by atoms with Crippen molar-refractivity contribution in [3.63, 3.8) is 0 Å². The highest BCUT2D eigenvalue weighted by molar-refractivity contribution is 9.13. The van der Waals surface area contributed by atoms with Crippen LogP contribution in [0.25, 0.3) is 0 Å². The van der Waals surface area contributed by atoms with Crippen LogP contribution in [0.15, 0.2) is 12.2 Å². The third-order valence-corrected chi connectivity index (χ3v) is 7.30. The lowest BCUT2D eigenvalue weighted by Gasteiger charge is -2.48. The maximum absolute atomic E-state index is 11.8. The summed E-state index contributed by atoms with van der Waals surface area (Å²) in [6.45, 7) is 0. The van der Waals surface area contributed by atoms with Crippen LogP contribution in [0.5, 0.6) is 0 Å². The average molecular weight is 336 g/mol. The predicted octanol–water partition coefficient (Wildman–Crippen LogP) is 1.93. The van der Waals surface area contributed by atoms with E-state index in [1.807, 2.05) is 12.2 Å². The number of esters is 2. The second-order valence-corrected chi connectivity index (χ2v) is 6.78. The zero-order valence-corrected chi connectivity index (χ0v) is 10.9. The molecule has 0 amide bonds. The van der Waals surface area contributed by atoms with Gasteiger partial charge in [0.15, 0.2) is 8.65 Å². The molecule has 4 aliphatic rings. The second-order valence-electron chi connectivity index (χ2n) is 4.28. The van der Waals surface area contributed by atoms with Crippen molar-refractivity contribution in [3.05, 3.63) is 12.2 Å². The molecule has 4 atom stereocenters. The number of carbonyl (C=O) groups excluding carboxylic acids is 2. The summed E-state index contributed by atoms with van der Waals surface area (Å²) in [5.41, 5.74) is 0. The minimum atomic E-state index is -0.894. The van der Waals surface area contributed by atoms with E-state index in [2.05, 4.69) is 31.9 Å². The van der Waals surface area contributed by atoms with E-state index in [-0.39, 0.29) is 11.8 Å². The van der Waals surface area contributed by atoms with Gasteiger partial charge in [-0.05, 0) is 12.8 Å². The molecule has 0 aromatic rings. The van der Waals surface area contributed by atoms with Crippen LogP contribution >= 0.6 is 31.9 Å². The van der Waals surface area contributed by atoms with Crippen molar-refractivity contribution in [1.82, 2.24) is 0 Å². The van der Waals surface area contributed by atoms with Gasteiger partial charge in [-0.25, -0.2) is 9.59 Å². The molecule has 0 aromatic heterocycles. The Morgan fingerprint density at radius 1 is 1.07 bits per heavy atom. The zero-order valence-electron chi connectivity index (χ0n) is 7.70. The number of carbonyl (C=O) groups is 2. The molecule has 3 aliphatic carbocycles. The lowest BCUT2D eigenvalue weighted by molar-refractivity contribution is -0.153. The Bertz CT molecular complexity index is 369. The SMILES string of the molecule is O=C1OC(=O)[C@]2(Br)[C@H]3C=C[C@H](CC3)[C@@]12Br. The van der Waals surface area contributed by atoms with Gasteiger partial charge in [0.05, 0.1) is 0 Å². The molecule has 80 valence electrons. The number of fused-ring (bicyclic) bond motifs is 1. The Labute approximate surface area is 103 Å². The molecule has 5 heteroatoms. The molecule has 0 aromatic carbocycles. The van der Waals surface area contributed by atoms with Crippen LogP contribution in [0, 0.1) is 11.8 Å². The highest BCUT2D eigenvalue weighted by Crippen LogP contribution is 2.62. The van der Waals surface area contributed by atoms with Gasteiger partial charge in [0.25, 0.3) is 0 Å². The molecule has 0 spiro atoms. The van der Waals surface area contributed by atoms with Gasteiger partial charge < -0.3 is 4.74 Å². The highest BCUT2D eigenvalue weighted by atomic mass is 79.9. The first-order valence-corrected chi connectivity index (χ1v) is 6.42. The third kappa shape index (κ3) is 0.884. The van der Waals surface area contributed by atoms with Gasteiger partial charge in [0, 0.05) is 11.8 Å². The predicted molar refractivity (Wildman–Crippen MR) is 59.8 cm³/mol. The number of allylic oxidation sites excluding steroid dienone is 2. The van der Waals surface area contributed by atoms with Crippen molar-refractivity contribution in [2.45, 2.75) is 21.5 Å². The van der Waals surface area contributed by atoms with Crippen LogP contribution in [0.1, 0.15) is 12.8 Å². The smallest absolute Gasteiger partial charge is 0.333 e. The van der Waals surface area contributed by atoms with Gasteiger partial charge in [0.2, 0.25) is 0 Å². The third-order valence-electron chi connectivity index (χ3n) is 3.70. The highest BCUT2D eigenvalue weighted by Gasteiger charge is 2.74. The summed E-state index contributed by atoms with van der Waals surface area (Å²) in [7, 11) is 0. The largest absolute Gasteiger partial charge is 0.391 e. The number of cyclic esters (lactones) is 2. The van der Waals surface area contributed by atoms with Crippen LogP contribution in [0.3, 0.4) is 0 Å². The maximum Gasteiger partial charge on any atom is 0.333 e. The summed E-state index contributed by atoms with van der Waals surface area (Å²) in [5, 5.41) is 0. The molecule has 0 radical (unpaired) electrons. The van der Waals surface area contributed by atoms with E-state index in [0.717, 1.165) is 12.8 Å². The summed E-state index contributed by atoms with van der Waals surface area (Å²) >= 11 is 6.90.